The first-order valence-electron chi connectivity index (χ1n) is 12.5. The summed E-state index contributed by atoms with van der Waals surface area (Å²) in [6.45, 7) is 13.1. The number of ether oxygens (including phenoxy) is 2. The highest BCUT2D eigenvalue weighted by Crippen LogP contribution is 2.43. The van der Waals surface area contributed by atoms with Gasteiger partial charge >= 0.3 is 0 Å². The molecule has 1 aliphatic rings. The molecule has 1 N–H and O–H groups in total. The Balaban J connectivity index is 2.18. The third-order valence-corrected chi connectivity index (χ3v) is 16.7. The number of rotatable bonds is 9. The third kappa shape index (κ3) is 5.74. The number of aryl methyl sites for hydroxylation is 1. The van der Waals surface area contributed by atoms with Gasteiger partial charge in [-0.05, 0) is 37.5 Å². The summed E-state index contributed by atoms with van der Waals surface area (Å²) in [5.74, 6) is 1.36. The summed E-state index contributed by atoms with van der Waals surface area (Å²) in [6.07, 6.45) is 5.49. The van der Waals surface area contributed by atoms with Gasteiger partial charge in [-0.3, -0.25) is 8.99 Å². The maximum Gasteiger partial charge on any atom is 0.192 e. The maximum absolute atomic E-state index is 15.1. The molecule has 1 aromatic heterocycles. The van der Waals surface area contributed by atoms with Crippen molar-refractivity contribution >= 4 is 24.0 Å². The Morgan fingerprint density at radius 1 is 1.22 bits per heavy atom. The van der Waals surface area contributed by atoms with Crippen LogP contribution in [0.1, 0.15) is 39.2 Å². The van der Waals surface area contributed by atoms with E-state index in [1.165, 1.54) is 0 Å². The molecule has 1 fully saturated rings. The molecule has 1 saturated heterocycles. The summed E-state index contributed by atoms with van der Waals surface area (Å²) >= 11 is 0. The second-order valence-corrected chi connectivity index (χ2v) is 18.6. The van der Waals surface area contributed by atoms with Crippen LogP contribution in [0.15, 0.2) is 30.6 Å². The number of likely N-dealkylation sites (N-methyl/N-ethyl adjacent to an activating group) is 1. The van der Waals surface area contributed by atoms with Crippen molar-refractivity contribution in [3.05, 3.63) is 36.2 Å². The number of piperidine rings is 1. The van der Waals surface area contributed by atoms with Gasteiger partial charge in [-0.15, -0.1) is 0 Å². The fourth-order valence-corrected chi connectivity index (χ4v) is 11.0. The monoisotopic (exact) mass is 536 g/mol. The Kier molecular flexibility index (Phi) is 8.49. The predicted molar refractivity (Wildman–Crippen MR) is 149 cm³/mol. The lowest BCUT2D eigenvalue weighted by atomic mass is 10.1. The van der Waals surface area contributed by atoms with E-state index in [2.05, 4.69) is 50.9 Å². The van der Waals surface area contributed by atoms with Crippen molar-refractivity contribution in [1.29, 1.82) is 4.78 Å². The highest BCUT2D eigenvalue weighted by atomic mass is 32.2. The third-order valence-electron chi connectivity index (χ3n) is 7.71. The van der Waals surface area contributed by atoms with Gasteiger partial charge in [0.25, 0.3) is 0 Å². The smallest absolute Gasteiger partial charge is 0.192 e. The first-order chi connectivity index (χ1) is 16.7. The van der Waals surface area contributed by atoms with Crippen molar-refractivity contribution in [2.45, 2.75) is 64.3 Å². The van der Waals surface area contributed by atoms with E-state index in [9.17, 15) is 4.78 Å². The predicted octanol–water partition coefficient (Wildman–Crippen LogP) is 4.72. The van der Waals surface area contributed by atoms with E-state index in [4.69, 9.17) is 9.47 Å². The van der Waals surface area contributed by atoms with E-state index in [1.807, 2.05) is 39.7 Å². The lowest BCUT2D eigenvalue weighted by molar-refractivity contribution is 0.253. The molecule has 2 atom stereocenters. The van der Waals surface area contributed by atoms with E-state index in [0.29, 0.717) is 18.0 Å². The number of nitrogens with zero attached hydrogens (tertiary/aromatic N) is 5. The Morgan fingerprint density at radius 2 is 1.92 bits per heavy atom. The molecule has 11 heteroatoms. The minimum absolute atomic E-state index is 0.0528. The summed E-state index contributed by atoms with van der Waals surface area (Å²) in [6, 6.07) is 5.64. The van der Waals surface area contributed by atoms with Crippen molar-refractivity contribution in [3.8, 4) is 11.5 Å². The highest BCUT2D eigenvalue weighted by Gasteiger charge is 2.48. The van der Waals surface area contributed by atoms with Crippen molar-refractivity contribution in [2.75, 3.05) is 38.7 Å². The molecule has 3 rings (SSSR count). The Labute approximate surface area is 218 Å². The van der Waals surface area contributed by atoms with E-state index < -0.39 is 18.3 Å². The van der Waals surface area contributed by atoms with Crippen LogP contribution in [0, 0.1) is 4.78 Å². The average Bonchev–Trinajstić information content (AvgIpc) is 3.21. The molecule has 0 aliphatic carbocycles. The molecular weight excluding hydrogens is 492 g/mol. The van der Waals surface area contributed by atoms with Crippen molar-refractivity contribution < 1.29 is 13.7 Å². The van der Waals surface area contributed by atoms with Crippen LogP contribution in [0.25, 0.3) is 0 Å². The molecule has 0 saturated carbocycles. The fourth-order valence-electron chi connectivity index (χ4n) is 4.62. The molecule has 0 bridgehead atoms. The van der Waals surface area contributed by atoms with Crippen LogP contribution in [0.4, 0.5) is 5.69 Å². The zero-order chi connectivity index (χ0) is 26.9. The first-order valence-corrected chi connectivity index (χ1v) is 16.9. The average molecular weight is 537 g/mol. The molecule has 0 spiro atoms. The molecule has 2 aromatic rings. The minimum Gasteiger partial charge on any atom is -0.497 e. The second-order valence-electron chi connectivity index (χ2n) is 11.3. The zero-order valence-corrected chi connectivity index (χ0v) is 25.2. The van der Waals surface area contributed by atoms with Gasteiger partial charge in [0.2, 0.25) is 0 Å². The van der Waals surface area contributed by atoms with Crippen LogP contribution in [-0.2, 0) is 23.7 Å². The maximum atomic E-state index is 15.1. The van der Waals surface area contributed by atoms with E-state index in [-0.39, 0.29) is 11.1 Å². The Hall–Kier alpha value is -2.08. The molecular formula is C25H44N6O3SSi. The van der Waals surface area contributed by atoms with Gasteiger partial charge < -0.3 is 14.4 Å². The number of nitrogens with one attached hydrogen (secondary N) is 1. The molecule has 1 aliphatic heterocycles. The molecule has 0 radical (unpaired) electrons. The van der Waals surface area contributed by atoms with Crippen LogP contribution >= 0.6 is 0 Å². The molecule has 9 nitrogen and oxygen atoms in total. The normalized spacial score (nSPS) is 19.2. The lowest BCUT2D eigenvalue weighted by Gasteiger charge is -2.50. The molecule has 0 amide bonds. The quantitative estimate of drug-likeness (QED) is 0.469. The SMILES string of the molecule is COc1ccc(CN([Si](C)(C)C(C)(C)C)S(=N)(=O)N(c2cnn(C)c2)C2CCCN(C)C2)c(OC)c1. The van der Waals surface area contributed by atoms with Gasteiger partial charge in [-0.25, -0.2) is 13.0 Å². The van der Waals surface area contributed by atoms with Gasteiger partial charge in [0.05, 0.1) is 32.1 Å². The Bertz CT molecular complexity index is 1140. The second kappa shape index (κ2) is 10.7. The molecule has 1 aromatic carbocycles. The van der Waals surface area contributed by atoms with Crippen LogP contribution in [0.2, 0.25) is 18.1 Å². The van der Waals surface area contributed by atoms with Gasteiger partial charge in [-0.1, -0.05) is 39.9 Å². The number of benzene rings is 1. The van der Waals surface area contributed by atoms with Crippen LogP contribution in [0.3, 0.4) is 0 Å². The van der Waals surface area contributed by atoms with Crippen molar-refractivity contribution in [2.24, 2.45) is 7.05 Å². The largest absolute Gasteiger partial charge is 0.497 e. The first kappa shape index (κ1) is 28.5. The number of hydrogen-bond donors (Lipinski definition) is 1. The standard InChI is InChI=1S/C25H44N6O3SSi/c1-25(2,3)36(8,9)30(17-20-12-13-23(33-6)15-24(20)34-7)35(26,32)31(22-16-27-29(5)19-22)21-11-10-14-28(4)18-21/h12-13,15-16,19,21,26H,10-11,14,17-18H2,1-9H3. The molecule has 2 unspecified atom stereocenters. The van der Waals surface area contributed by atoms with E-state index in [1.54, 1.807) is 25.1 Å². The van der Waals surface area contributed by atoms with Crippen LogP contribution in [-0.4, -0.2) is 71.5 Å². The Morgan fingerprint density at radius 3 is 2.44 bits per heavy atom. The number of methoxy groups -OCH3 is 2. The van der Waals surface area contributed by atoms with Crippen LogP contribution < -0.4 is 13.8 Å². The minimum atomic E-state index is -3.44. The number of aromatic nitrogens is 2. The summed E-state index contributed by atoms with van der Waals surface area (Å²) in [4.78, 5) is 2.26. The number of anilines is 1. The molecule has 2 heterocycles. The lowest BCUT2D eigenvalue weighted by Crippen LogP contribution is -2.62. The summed E-state index contributed by atoms with van der Waals surface area (Å²) < 4.78 is 41.4. The highest BCUT2D eigenvalue weighted by molar-refractivity contribution is 7.92. The van der Waals surface area contributed by atoms with Gasteiger partial charge in [0.15, 0.2) is 10.1 Å². The number of hydrogen-bond acceptors (Lipinski definition) is 6. The van der Waals surface area contributed by atoms with Crippen LogP contribution in [0.5, 0.6) is 11.5 Å². The van der Waals surface area contributed by atoms with E-state index in [0.717, 1.165) is 37.2 Å². The zero-order valence-electron chi connectivity index (χ0n) is 23.4. The van der Waals surface area contributed by atoms with Crippen molar-refractivity contribution in [3.63, 3.8) is 0 Å². The van der Waals surface area contributed by atoms with Gasteiger partial charge in [0, 0.05) is 38.0 Å². The van der Waals surface area contributed by atoms with Gasteiger partial charge in [0.1, 0.15) is 19.7 Å². The van der Waals surface area contributed by atoms with Crippen molar-refractivity contribution in [1.82, 2.24) is 18.7 Å². The summed E-state index contributed by atoms with van der Waals surface area (Å²) in [5.41, 5.74) is 1.61. The fraction of sp³-hybridized carbons (Fsp3) is 0.640. The summed E-state index contributed by atoms with van der Waals surface area (Å²) in [7, 11) is 1.28. The van der Waals surface area contributed by atoms with E-state index >= 15 is 4.21 Å². The topological polar surface area (TPSA) is 86.9 Å². The van der Waals surface area contributed by atoms with Gasteiger partial charge in [-0.2, -0.15) is 5.10 Å². The number of likely N-dealkylation sites (tertiary alicyclic amines) is 1. The summed E-state index contributed by atoms with van der Waals surface area (Å²) in [5, 5.41) is 4.24. The molecule has 202 valence electrons. The molecule has 36 heavy (non-hydrogen) atoms.